The number of terminal acetylenes is 1. The molecule has 0 unspecified atom stereocenters. The molecule has 4 atom stereocenters. The summed E-state index contributed by atoms with van der Waals surface area (Å²) in [6, 6.07) is 1.56. The lowest BCUT2D eigenvalue weighted by atomic mass is 9.97. The van der Waals surface area contributed by atoms with E-state index in [1.807, 2.05) is 0 Å². The zero-order valence-corrected chi connectivity index (χ0v) is 11.3. The van der Waals surface area contributed by atoms with Crippen LogP contribution >= 0.6 is 24.4 Å². The van der Waals surface area contributed by atoms with E-state index in [1.54, 1.807) is 6.07 Å². The fourth-order valence-electron chi connectivity index (χ4n) is 1.93. The van der Waals surface area contributed by atoms with E-state index in [4.69, 9.17) is 35.6 Å². The van der Waals surface area contributed by atoms with Gasteiger partial charge in [-0.15, -0.1) is 6.42 Å². The van der Waals surface area contributed by atoms with Crippen molar-refractivity contribution in [3.8, 4) is 12.3 Å². The Labute approximate surface area is 119 Å². The third kappa shape index (κ3) is 2.25. The predicted molar refractivity (Wildman–Crippen MR) is 71.2 cm³/mol. The van der Waals surface area contributed by atoms with Crippen LogP contribution in [0.15, 0.2) is 12.3 Å². The number of nitrogens with zero attached hydrogens (tertiary/aromatic N) is 1. The highest BCUT2D eigenvalue weighted by Gasteiger charge is 2.53. The third-order valence-electron chi connectivity index (χ3n) is 3.03. The van der Waals surface area contributed by atoms with Crippen molar-refractivity contribution in [1.29, 1.82) is 0 Å². The normalized spacial score (nSPS) is 34.1. The highest BCUT2D eigenvalue weighted by molar-refractivity contribution is 7.72. The van der Waals surface area contributed by atoms with Crippen molar-refractivity contribution < 1.29 is 20.1 Å². The highest BCUT2D eigenvalue weighted by atomic mass is 32.1. The second kappa shape index (κ2) is 5.13. The first-order valence-corrected chi connectivity index (χ1v) is 6.21. The van der Waals surface area contributed by atoms with Gasteiger partial charge in [0.05, 0.1) is 6.61 Å². The van der Waals surface area contributed by atoms with Crippen LogP contribution in [0.3, 0.4) is 0 Å². The summed E-state index contributed by atoms with van der Waals surface area (Å²) in [4.78, 5) is 2.72. The molecule has 102 valence electrons. The first kappa shape index (κ1) is 14.3. The van der Waals surface area contributed by atoms with Crippen molar-refractivity contribution in [2.45, 2.75) is 24.0 Å². The van der Waals surface area contributed by atoms with Gasteiger partial charge >= 0.3 is 0 Å². The maximum atomic E-state index is 10.0. The minimum Gasteiger partial charge on any atom is -0.392 e. The maximum Gasteiger partial charge on any atom is 0.182 e. The number of hydrogen-bond donors (Lipinski definition) is 4. The van der Waals surface area contributed by atoms with Crippen molar-refractivity contribution in [2.24, 2.45) is 0 Å². The molecule has 1 aliphatic rings. The molecule has 19 heavy (non-hydrogen) atoms. The summed E-state index contributed by atoms with van der Waals surface area (Å²) >= 11 is 9.99. The van der Waals surface area contributed by atoms with Gasteiger partial charge in [-0.1, -0.05) is 18.1 Å². The largest absolute Gasteiger partial charge is 0.392 e. The minimum atomic E-state index is -1.65. The van der Waals surface area contributed by atoms with Gasteiger partial charge in [-0.25, -0.2) is 0 Å². The number of aromatic nitrogens is 2. The predicted octanol–water partition coefficient (Wildman–Crippen LogP) is -0.110. The number of ether oxygens (including phenoxy) is 1. The average Bonchev–Trinajstić information content (AvgIpc) is 2.64. The number of nitrogens with one attached hydrogen (secondary N) is 1. The molecule has 0 spiro atoms. The second-order valence-corrected chi connectivity index (χ2v) is 4.98. The summed E-state index contributed by atoms with van der Waals surface area (Å²) in [5.74, 6) is 2.18. The van der Waals surface area contributed by atoms with E-state index in [9.17, 15) is 15.3 Å². The third-order valence-corrected chi connectivity index (χ3v) is 3.58. The van der Waals surface area contributed by atoms with Gasteiger partial charge in [0, 0.05) is 6.20 Å². The molecule has 0 saturated carbocycles. The summed E-state index contributed by atoms with van der Waals surface area (Å²) < 4.78 is 7.46. The summed E-state index contributed by atoms with van der Waals surface area (Å²) in [7, 11) is 0. The number of aliphatic hydroxyl groups is 3. The van der Waals surface area contributed by atoms with E-state index in [-0.39, 0.29) is 4.77 Å². The zero-order chi connectivity index (χ0) is 14.2. The Bertz CT molecular complexity index is 635. The molecule has 0 radical (unpaired) electrons. The molecule has 0 aliphatic carbocycles. The van der Waals surface area contributed by atoms with Crippen molar-refractivity contribution in [1.82, 2.24) is 9.55 Å². The lowest BCUT2D eigenvalue weighted by Crippen LogP contribution is -2.44. The molecule has 1 aromatic heterocycles. The molecule has 2 rings (SSSR count). The van der Waals surface area contributed by atoms with Crippen LogP contribution in [-0.2, 0) is 4.74 Å². The number of H-pyrrole nitrogens is 1. The number of hydrogen-bond acceptors (Lipinski definition) is 6. The van der Waals surface area contributed by atoms with E-state index < -0.39 is 30.6 Å². The molecule has 1 aromatic rings. The fourth-order valence-corrected chi connectivity index (χ4v) is 2.43. The van der Waals surface area contributed by atoms with Crippen LogP contribution in [0.2, 0.25) is 0 Å². The summed E-state index contributed by atoms with van der Waals surface area (Å²) in [5.41, 5.74) is -1.65. The van der Waals surface area contributed by atoms with Crippen LogP contribution in [0, 0.1) is 21.8 Å². The zero-order valence-electron chi connectivity index (χ0n) is 9.68. The molecule has 1 saturated heterocycles. The van der Waals surface area contributed by atoms with E-state index >= 15 is 0 Å². The molecule has 0 amide bonds. The Balaban J connectivity index is 2.46. The quantitative estimate of drug-likeness (QED) is 0.450. The minimum absolute atomic E-state index is 0.217. The first-order valence-electron chi connectivity index (χ1n) is 5.39. The van der Waals surface area contributed by atoms with Gasteiger partial charge in [0.2, 0.25) is 0 Å². The van der Waals surface area contributed by atoms with Gasteiger partial charge in [0.25, 0.3) is 0 Å². The van der Waals surface area contributed by atoms with E-state index in [0.29, 0.717) is 4.64 Å². The number of rotatable bonds is 2. The molecule has 1 fully saturated rings. The standard InChI is InChI=1S/C11H12N2O4S2/c1-2-11(5-14)8(16)7(15)9(17-11)13-4-3-6(18)12-10(13)19/h1,3-4,7-9,14-16H,5H2,(H,12,18,19)/t7-,8+,9+,11+/m0/s1. The molecule has 6 nitrogen and oxygen atoms in total. The van der Waals surface area contributed by atoms with Gasteiger partial charge in [0.1, 0.15) is 16.8 Å². The molecule has 0 bridgehead atoms. The van der Waals surface area contributed by atoms with Crippen LogP contribution in [-0.4, -0.2) is 49.3 Å². The lowest BCUT2D eigenvalue weighted by Gasteiger charge is -2.23. The maximum absolute atomic E-state index is 10.0. The van der Waals surface area contributed by atoms with Gasteiger partial charge in [-0.2, -0.15) is 0 Å². The van der Waals surface area contributed by atoms with Crippen LogP contribution in [0.4, 0.5) is 0 Å². The van der Waals surface area contributed by atoms with Gasteiger partial charge in [-0.05, 0) is 18.3 Å². The van der Waals surface area contributed by atoms with E-state index in [1.165, 1.54) is 10.8 Å². The lowest BCUT2D eigenvalue weighted by molar-refractivity contribution is -0.0930. The van der Waals surface area contributed by atoms with Gasteiger partial charge in [-0.3, -0.25) is 4.57 Å². The average molecular weight is 300 g/mol. The Morgan fingerprint density at radius 1 is 1.53 bits per heavy atom. The summed E-state index contributed by atoms with van der Waals surface area (Å²) in [5, 5.41) is 29.2. The van der Waals surface area contributed by atoms with E-state index in [2.05, 4.69) is 10.9 Å². The van der Waals surface area contributed by atoms with E-state index in [0.717, 1.165) is 0 Å². The van der Waals surface area contributed by atoms with Crippen LogP contribution < -0.4 is 0 Å². The molecule has 2 heterocycles. The Morgan fingerprint density at radius 2 is 2.21 bits per heavy atom. The van der Waals surface area contributed by atoms with Crippen LogP contribution in [0.5, 0.6) is 0 Å². The van der Waals surface area contributed by atoms with Gasteiger partial charge in [0.15, 0.2) is 16.6 Å². The fraction of sp³-hybridized carbons (Fsp3) is 0.455. The highest BCUT2D eigenvalue weighted by Crippen LogP contribution is 2.36. The molecular weight excluding hydrogens is 288 g/mol. The first-order chi connectivity index (χ1) is 8.95. The van der Waals surface area contributed by atoms with Crippen molar-refractivity contribution in [2.75, 3.05) is 6.61 Å². The van der Waals surface area contributed by atoms with Crippen molar-refractivity contribution in [3.05, 3.63) is 21.7 Å². The topological polar surface area (TPSA) is 90.6 Å². The summed E-state index contributed by atoms with van der Waals surface area (Å²) in [6.45, 7) is -0.617. The smallest absolute Gasteiger partial charge is 0.182 e. The van der Waals surface area contributed by atoms with Crippen LogP contribution in [0.1, 0.15) is 6.23 Å². The van der Waals surface area contributed by atoms with Crippen molar-refractivity contribution in [3.63, 3.8) is 0 Å². The monoisotopic (exact) mass is 300 g/mol. The molecule has 0 aromatic carbocycles. The molecular formula is C11H12N2O4S2. The van der Waals surface area contributed by atoms with Crippen LogP contribution in [0.25, 0.3) is 0 Å². The number of aliphatic hydroxyl groups excluding tert-OH is 3. The second-order valence-electron chi connectivity index (χ2n) is 4.15. The Morgan fingerprint density at radius 3 is 2.68 bits per heavy atom. The molecule has 4 N–H and O–H groups in total. The molecule has 8 heteroatoms. The SMILES string of the molecule is C#C[C@]1(CO)O[C@@H](n2ccc(=S)[nH]c2=S)[C@@H](O)[C@H]1O. The summed E-state index contributed by atoms with van der Waals surface area (Å²) in [6.07, 6.45) is 3.05. The number of aromatic amines is 1. The van der Waals surface area contributed by atoms with Gasteiger partial charge < -0.3 is 25.0 Å². The Hall–Kier alpha value is -1.08. The molecule has 1 aliphatic heterocycles. The van der Waals surface area contributed by atoms with Crippen molar-refractivity contribution >= 4 is 24.4 Å². The Kier molecular flexibility index (Phi) is 3.87.